The number of hydrogen-bond acceptors (Lipinski definition) is 2. The van der Waals surface area contributed by atoms with Crippen LogP contribution in [0.5, 0.6) is 0 Å². The number of aromatic nitrogens is 2. The normalized spacial score (nSPS) is 12.8. The molecular weight excluding hydrogens is 234 g/mol. The molecule has 0 aliphatic carbocycles. The highest BCUT2D eigenvalue weighted by Gasteiger charge is 2.15. The van der Waals surface area contributed by atoms with Crippen LogP contribution in [0, 0.1) is 5.92 Å². The van der Waals surface area contributed by atoms with E-state index in [9.17, 15) is 0 Å². The van der Waals surface area contributed by atoms with Gasteiger partial charge in [0.2, 0.25) is 0 Å². The summed E-state index contributed by atoms with van der Waals surface area (Å²) in [7, 11) is 0. The third-order valence-electron chi connectivity index (χ3n) is 3.15. The molecule has 0 aliphatic heterocycles. The van der Waals surface area contributed by atoms with E-state index in [0.29, 0.717) is 12.0 Å². The van der Waals surface area contributed by atoms with Crippen molar-refractivity contribution >= 4 is 0 Å². The molecule has 2 rings (SSSR count). The lowest BCUT2D eigenvalue weighted by atomic mass is 10.0. The smallest absolute Gasteiger partial charge is 0.0798 e. The molecule has 0 amide bonds. The molecule has 0 bridgehead atoms. The van der Waals surface area contributed by atoms with Crippen LogP contribution in [0.3, 0.4) is 0 Å². The Kier molecular flexibility index (Phi) is 4.74. The van der Waals surface area contributed by atoms with E-state index in [0.717, 1.165) is 24.3 Å². The summed E-state index contributed by atoms with van der Waals surface area (Å²) < 4.78 is 1.94. The molecule has 0 fully saturated rings. The van der Waals surface area contributed by atoms with Gasteiger partial charge in [0.25, 0.3) is 0 Å². The lowest BCUT2D eigenvalue weighted by Crippen LogP contribution is -2.23. The lowest BCUT2D eigenvalue weighted by molar-refractivity contribution is 0.429. The van der Waals surface area contributed by atoms with E-state index >= 15 is 0 Å². The summed E-state index contributed by atoms with van der Waals surface area (Å²) in [6.07, 6.45) is 3.15. The van der Waals surface area contributed by atoms with Gasteiger partial charge in [0, 0.05) is 6.20 Å². The van der Waals surface area contributed by atoms with Gasteiger partial charge < -0.3 is 5.32 Å². The second kappa shape index (κ2) is 6.53. The van der Waals surface area contributed by atoms with Crippen molar-refractivity contribution < 1.29 is 0 Å². The third-order valence-corrected chi connectivity index (χ3v) is 3.15. The van der Waals surface area contributed by atoms with Gasteiger partial charge in [-0.3, -0.25) is 0 Å². The van der Waals surface area contributed by atoms with Crippen molar-refractivity contribution in [3.63, 3.8) is 0 Å². The van der Waals surface area contributed by atoms with Gasteiger partial charge in [0.1, 0.15) is 0 Å². The topological polar surface area (TPSA) is 29.9 Å². The molecule has 102 valence electrons. The maximum atomic E-state index is 4.71. The standard InChI is InChI=1S/C16H23N3/c1-4-17-16(12-13(2)3)15-10-11-19(18-15)14-8-6-5-7-9-14/h5-11,13,16-17H,4,12H2,1-3H3. The third kappa shape index (κ3) is 3.67. The summed E-state index contributed by atoms with van der Waals surface area (Å²) in [5, 5.41) is 8.23. The van der Waals surface area contributed by atoms with E-state index in [1.165, 1.54) is 0 Å². The minimum Gasteiger partial charge on any atom is -0.309 e. The Morgan fingerprint density at radius 3 is 2.53 bits per heavy atom. The molecule has 1 atom stereocenters. The number of rotatable bonds is 6. The summed E-state index contributed by atoms with van der Waals surface area (Å²) in [6.45, 7) is 7.61. The van der Waals surface area contributed by atoms with Crippen LogP contribution in [0.2, 0.25) is 0 Å². The minimum atomic E-state index is 0.343. The van der Waals surface area contributed by atoms with E-state index in [4.69, 9.17) is 5.10 Å². The summed E-state index contributed by atoms with van der Waals surface area (Å²) in [6, 6.07) is 12.7. The molecule has 0 saturated heterocycles. The summed E-state index contributed by atoms with van der Waals surface area (Å²) in [4.78, 5) is 0. The Hall–Kier alpha value is -1.61. The highest BCUT2D eigenvalue weighted by atomic mass is 15.3. The Morgan fingerprint density at radius 2 is 1.89 bits per heavy atom. The van der Waals surface area contributed by atoms with Crippen molar-refractivity contribution in [3.05, 3.63) is 48.3 Å². The Labute approximate surface area is 115 Å². The van der Waals surface area contributed by atoms with Crippen molar-refractivity contribution in [2.24, 2.45) is 5.92 Å². The van der Waals surface area contributed by atoms with Gasteiger partial charge in [-0.1, -0.05) is 39.0 Å². The average Bonchev–Trinajstić information content (AvgIpc) is 2.88. The van der Waals surface area contributed by atoms with E-state index in [-0.39, 0.29) is 0 Å². The number of benzene rings is 1. The largest absolute Gasteiger partial charge is 0.309 e. The first kappa shape index (κ1) is 13.8. The van der Waals surface area contributed by atoms with Crippen molar-refractivity contribution in [2.75, 3.05) is 6.54 Å². The van der Waals surface area contributed by atoms with Gasteiger partial charge in [0.15, 0.2) is 0 Å². The lowest BCUT2D eigenvalue weighted by Gasteiger charge is -2.17. The number of para-hydroxylation sites is 1. The molecule has 1 N–H and O–H groups in total. The van der Waals surface area contributed by atoms with Crippen molar-refractivity contribution in [1.29, 1.82) is 0 Å². The number of nitrogens with one attached hydrogen (secondary N) is 1. The van der Waals surface area contributed by atoms with Gasteiger partial charge >= 0.3 is 0 Å². The Morgan fingerprint density at radius 1 is 1.16 bits per heavy atom. The first-order valence-electron chi connectivity index (χ1n) is 7.05. The molecule has 0 aliphatic rings. The first-order valence-corrected chi connectivity index (χ1v) is 7.05. The fourth-order valence-corrected chi connectivity index (χ4v) is 2.27. The fraction of sp³-hybridized carbons (Fsp3) is 0.438. The van der Waals surface area contributed by atoms with Crippen LogP contribution in [0.15, 0.2) is 42.6 Å². The predicted molar refractivity (Wildman–Crippen MR) is 79.4 cm³/mol. The fourth-order valence-electron chi connectivity index (χ4n) is 2.27. The zero-order chi connectivity index (χ0) is 13.7. The summed E-state index contributed by atoms with van der Waals surface area (Å²) in [5.41, 5.74) is 2.23. The molecule has 0 saturated carbocycles. The van der Waals surface area contributed by atoms with Crippen LogP contribution in [-0.2, 0) is 0 Å². The second-order valence-corrected chi connectivity index (χ2v) is 5.26. The molecule has 19 heavy (non-hydrogen) atoms. The molecule has 1 heterocycles. The molecule has 2 aromatic rings. The molecule has 1 aromatic carbocycles. The van der Waals surface area contributed by atoms with Gasteiger partial charge in [-0.15, -0.1) is 0 Å². The first-order chi connectivity index (χ1) is 9.20. The van der Waals surface area contributed by atoms with Gasteiger partial charge in [0.05, 0.1) is 17.4 Å². The van der Waals surface area contributed by atoms with Gasteiger partial charge in [-0.2, -0.15) is 5.10 Å². The van der Waals surface area contributed by atoms with E-state index < -0.39 is 0 Å². The Bertz CT molecular complexity index is 488. The summed E-state index contributed by atoms with van der Waals surface area (Å²) >= 11 is 0. The second-order valence-electron chi connectivity index (χ2n) is 5.26. The van der Waals surface area contributed by atoms with E-state index in [1.54, 1.807) is 0 Å². The van der Waals surface area contributed by atoms with Crippen LogP contribution < -0.4 is 5.32 Å². The molecule has 0 radical (unpaired) electrons. The summed E-state index contributed by atoms with van der Waals surface area (Å²) in [5.74, 6) is 0.658. The maximum absolute atomic E-state index is 4.71. The average molecular weight is 257 g/mol. The van der Waals surface area contributed by atoms with Crippen molar-refractivity contribution in [2.45, 2.75) is 33.2 Å². The molecule has 0 spiro atoms. The predicted octanol–water partition coefficient (Wildman–Crippen LogP) is 3.57. The zero-order valence-electron chi connectivity index (χ0n) is 12.0. The monoisotopic (exact) mass is 257 g/mol. The number of nitrogens with zero attached hydrogens (tertiary/aromatic N) is 2. The molecule has 3 heteroatoms. The molecule has 1 aromatic heterocycles. The van der Waals surface area contributed by atoms with E-state index in [1.807, 2.05) is 29.1 Å². The highest BCUT2D eigenvalue weighted by molar-refractivity contribution is 5.30. The maximum Gasteiger partial charge on any atom is 0.0798 e. The van der Waals surface area contributed by atoms with Crippen LogP contribution >= 0.6 is 0 Å². The number of hydrogen-bond donors (Lipinski definition) is 1. The van der Waals surface area contributed by atoms with Crippen LogP contribution in [0.25, 0.3) is 5.69 Å². The Balaban J connectivity index is 2.18. The zero-order valence-corrected chi connectivity index (χ0v) is 12.0. The van der Waals surface area contributed by atoms with Gasteiger partial charge in [-0.25, -0.2) is 4.68 Å². The highest BCUT2D eigenvalue weighted by Crippen LogP contribution is 2.20. The molecule has 1 unspecified atom stereocenters. The molecule has 3 nitrogen and oxygen atoms in total. The van der Waals surface area contributed by atoms with Crippen LogP contribution in [-0.4, -0.2) is 16.3 Å². The van der Waals surface area contributed by atoms with Crippen LogP contribution in [0.1, 0.15) is 38.9 Å². The molecular formula is C16H23N3. The minimum absolute atomic E-state index is 0.343. The van der Waals surface area contributed by atoms with Crippen molar-refractivity contribution in [1.82, 2.24) is 15.1 Å². The van der Waals surface area contributed by atoms with Gasteiger partial charge in [-0.05, 0) is 37.1 Å². The van der Waals surface area contributed by atoms with Crippen LogP contribution in [0.4, 0.5) is 0 Å². The quantitative estimate of drug-likeness (QED) is 0.857. The van der Waals surface area contributed by atoms with E-state index in [2.05, 4.69) is 44.3 Å². The SMILES string of the molecule is CCNC(CC(C)C)c1ccn(-c2ccccc2)n1. The van der Waals surface area contributed by atoms with Crippen molar-refractivity contribution in [3.8, 4) is 5.69 Å².